The molecule has 1 aromatic carbocycles. The molecule has 2 atom stereocenters. The van der Waals surface area contributed by atoms with Gasteiger partial charge in [-0.2, -0.15) is 18.3 Å². The highest BCUT2D eigenvalue weighted by Crippen LogP contribution is 2.35. The lowest BCUT2D eigenvalue weighted by molar-refractivity contribution is -0.151. The smallest absolute Gasteiger partial charge is 0.420 e. The van der Waals surface area contributed by atoms with Crippen molar-refractivity contribution in [2.75, 3.05) is 13.2 Å². The molecule has 34 heavy (non-hydrogen) atoms. The highest BCUT2D eigenvalue weighted by Gasteiger charge is 2.39. The molecule has 11 heteroatoms. The van der Waals surface area contributed by atoms with Crippen LogP contribution in [0.5, 0.6) is 0 Å². The van der Waals surface area contributed by atoms with Crippen LogP contribution in [0.25, 0.3) is 16.9 Å². The number of ether oxygens (including phenoxy) is 1. The average molecular weight is 478 g/mol. The van der Waals surface area contributed by atoms with Crippen LogP contribution in [0.2, 0.25) is 0 Å². The van der Waals surface area contributed by atoms with E-state index in [1.54, 1.807) is 13.8 Å². The highest BCUT2D eigenvalue weighted by atomic mass is 19.4. The molecule has 1 amide bonds. The molecule has 1 aliphatic rings. The summed E-state index contributed by atoms with van der Waals surface area (Å²) in [6.45, 7) is 3.95. The SMILES string of the molecule is CCOC(=O)[C@@H]1CCCN(C(=O)c2cn3nc(-c4ccc(F)cc4)cc(C(F)(F)F)c3n2)[C@@H]1C. The van der Waals surface area contributed by atoms with Gasteiger partial charge in [-0.15, -0.1) is 0 Å². The molecule has 180 valence electrons. The Hall–Kier alpha value is -3.50. The molecule has 1 aliphatic heterocycles. The number of benzene rings is 1. The van der Waals surface area contributed by atoms with Crippen molar-refractivity contribution >= 4 is 17.5 Å². The number of fused-ring (bicyclic) bond motifs is 1. The molecule has 4 rings (SSSR count). The molecule has 0 unspecified atom stereocenters. The molecule has 0 N–H and O–H groups in total. The minimum atomic E-state index is -4.77. The van der Waals surface area contributed by atoms with Crippen molar-refractivity contribution in [1.82, 2.24) is 19.5 Å². The number of halogens is 4. The maximum atomic E-state index is 13.8. The van der Waals surface area contributed by atoms with E-state index < -0.39 is 47.0 Å². The number of imidazole rings is 1. The Labute approximate surface area is 192 Å². The first-order valence-electron chi connectivity index (χ1n) is 10.8. The molecule has 3 heterocycles. The Morgan fingerprint density at radius 2 is 1.91 bits per heavy atom. The van der Waals surface area contributed by atoms with Crippen molar-refractivity contribution in [1.29, 1.82) is 0 Å². The van der Waals surface area contributed by atoms with Crippen LogP contribution in [-0.4, -0.2) is 50.6 Å². The number of hydrogen-bond donors (Lipinski definition) is 0. The monoisotopic (exact) mass is 478 g/mol. The van der Waals surface area contributed by atoms with E-state index in [1.165, 1.54) is 17.0 Å². The third-order valence-corrected chi connectivity index (χ3v) is 5.93. The summed E-state index contributed by atoms with van der Waals surface area (Å²) in [5.41, 5.74) is -1.59. The van der Waals surface area contributed by atoms with Crippen LogP contribution in [-0.2, 0) is 15.7 Å². The molecule has 2 aromatic heterocycles. The van der Waals surface area contributed by atoms with E-state index in [1.807, 2.05) is 0 Å². The Morgan fingerprint density at radius 3 is 2.56 bits per heavy atom. The maximum Gasteiger partial charge on any atom is 0.420 e. The summed E-state index contributed by atoms with van der Waals surface area (Å²) in [5.74, 6) is -2.06. The first kappa shape index (κ1) is 23.7. The van der Waals surface area contributed by atoms with Gasteiger partial charge in [0.1, 0.15) is 17.1 Å². The number of alkyl halides is 3. The number of rotatable bonds is 4. The van der Waals surface area contributed by atoms with Crippen LogP contribution < -0.4 is 0 Å². The van der Waals surface area contributed by atoms with Gasteiger partial charge in [-0.3, -0.25) is 9.59 Å². The molecule has 1 saturated heterocycles. The second kappa shape index (κ2) is 9.03. The van der Waals surface area contributed by atoms with E-state index in [9.17, 15) is 27.2 Å². The third kappa shape index (κ3) is 4.46. The zero-order valence-electron chi connectivity index (χ0n) is 18.5. The van der Waals surface area contributed by atoms with Gasteiger partial charge in [0, 0.05) is 18.2 Å². The van der Waals surface area contributed by atoms with Gasteiger partial charge in [0.2, 0.25) is 0 Å². The maximum absolute atomic E-state index is 13.8. The standard InChI is InChI=1S/C23H22F4N4O3/c1-3-34-22(33)16-5-4-10-30(13(16)2)21(32)19-12-31-20(28-19)17(23(25,26)27)11-18(29-31)14-6-8-15(24)9-7-14/h6-9,11-13,16H,3-5,10H2,1-2H3/t13-,16-/m1/s1. The molecule has 0 saturated carbocycles. The molecular formula is C23H22F4N4O3. The van der Waals surface area contributed by atoms with Crippen molar-refractivity contribution in [3.8, 4) is 11.3 Å². The Bertz CT molecular complexity index is 1220. The highest BCUT2D eigenvalue weighted by molar-refractivity contribution is 5.94. The number of piperidine rings is 1. The predicted molar refractivity (Wildman–Crippen MR) is 113 cm³/mol. The van der Waals surface area contributed by atoms with Crippen molar-refractivity contribution < 1.29 is 31.9 Å². The summed E-state index contributed by atoms with van der Waals surface area (Å²) in [4.78, 5) is 30.9. The molecule has 0 radical (unpaired) electrons. The molecule has 0 aliphatic carbocycles. The van der Waals surface area contributed by atoms with Crippen LogP contribution in [0, 0.1) is 11.7 Å². The predicted octanol–water partition coefficient (Wildman–Crippen LogP) is 4.36. The fourth-order valence-electron chi connectivity index (χ4n) is 4.19. The number of esters is 1. The Morgan fingerprint density at radius 1 is 1.21 bits per heavy atom. The fraction of sp³-hybridized carbons (Fsp3) is 0.391. The largest absolute Gasteiger partial charge is 0.466 e. The van der Waals surface area contributed by atoms with Crippen molar-refractivity contribution in [3.63, 3.8) is 0 Å². The van der Waals surface area contributed by atoms with Crippen molar-refractivity contribution in [2.45, 2.75) is 38.9 Å². The summed E-state index contributed by atoms with van der Waals surface area (Å²) < 4.78 is 60.7. The van der Waals surface area contributed by atoms with E-state index in [0.717, 1.165) is 28.9 Å². The summed E-state index contributed by atoms with van der Waals surface area (Å²) in [5, 5.41) is 4.17. The second-order valence-corrected chi connectivity index (χ2v) is 8.08. The average Bonchev–Trinajstić information content (AvgIpc) is 3.22. The van der Waals surface area contributed by atoms with Gasteiger partial charge >= 0.3 is 12.1 Å². The molecule has 1 fully saturated rings. The second-order valence-electron chi connectivity index (χ2n) is 8.08. The van der Waals surface area contributed by atoms with Gasteiger partial charge in [-0.25, -0.2) is 13.9 Å². The first-order valence-corrected chi connectivity index (χ1v) is 10.8. The zero-order chi connectivity index (χ0) is 24.6. The van der Waals surface area contributed by atoms with Gasteiger partial charge in [-0.1, -0.05) is 0 Å². The number of amides is 1. The molecule has 3 aromatic rings. The molecule has 7 nitrogen and oxygen atoms in total. The van der Waals surface area contributed by atoms with Gasteiger partial charge < -0.3 is 9.64 Å². The number of carbonyl (C=O) groups is 2. The number of aromatic nitrogens is 3. The van der Waals surface area contributed by atoms with E-state index >= 15 is 0 Å². The number of nitrogens with zero attached hydrogens (tertiary/aromatic N) is 4. The van der Waals surface area contributed by atoms with E-state index in [4.69, 9.17) is 4.74 Å². The van der Waals surface area contributed by atoms with Gasteiger partial charge in [0.05, 0.1) is 24.4 Å². The lowest BCUT2D eigenvalue weighted by Gasteiger charge is -2.37. The summed E-state index contributed by atoms with van der Waals surface area (Å²) in [7, 11) is 0. The zero-order valence-corrected chi connectivity index (χ0v) is 18.5. The molecular weight excluding hydrogens is 456 g/mol. The summed E-state index contributed by atoms with van der Waals surface area (Å²) in [6.07, 6.45) is -2.53. The normalized spacial score (nSPS) is 18.8. The van der Waals surface area contributed by atoms with Crippen LogP contribution in [0.1, 0.15) is 42.7 Å². The minimum absolute atomic E-state index is 0.0510. The van der Waals surface area contributed by atoms with E-state index in [0.29, 0.717) is 19.4 Å². The van der Waals surface area contributed by atoms with Gasteiger partial charge in [-0.05, 0) is 57.0 Å². The number of carbonyl (C=O) groups excluding carboxylic acids is 2. The van der Waals surface area contributed by atoms with Crippen LogP contribution in [0.3, 0.4) is 0 Å². The van der Waals surface area contributed by atoms with Crippen molar-refractivity contribution in [2.24, 2.45) is 5.92 Å². The lowest BCUT2D eigenvalue weighted by Crippen LogP contribution is -2.49. The van der Waals surface area contributed by atoms with Gasteiger partial charge in [0.15, 0.2) is 5.65 Å². The third-order valence-electron chi connectivity index (χ3n) is 5.93. The Kier molecular flexibility index (Phi) is 6.28. The van der Waals surface area contributed by atoms with E-state index in [2.05, 4.69) is 10.1 Å². The summed E-state index contributed by atoms with van der Waals surface area (Å²) in [6, 6.07) is 5.19. The summed E-state index contributed by atoms with van der Waals surface area (Å²) >= 11 is 0. The van der Waals surface area contributed by atoms with E-state index in [-0.39, 0.29) is 23.6 Å². The quantitative estimate of drug-likeness (QED) is 0.412. The Balaban J connectivity index is 1.73. The van der Waals surface area contributed by atoms with Gasteiger partial charge in [0.25, 0.3) is 5.91 Å². The lowest BCUT2D eigenvalue weighted by atomic mass is 9.90. The topological polar surface area (TPSA) is 76.8 Å². The number of hydrogen-bond acceptors (Lipinski definition) is 5. The van der Waals surface area contributed by atoms with Crippen molar-refractivity contribution in [3.05, 3.63) is 53.6 Å². The minimum Gasteiger partial charge on any atom is -0.466 e. The molecule has 0 bridgehead atoms. The fourth-order valence-corrected chi connectivity index (χ4v) is 4.19. The van der Waals surface area contributed by atoms with Crippen LogP contribution in [0.15, 0.2) is 36.5 Å². The van der Waals surface area contributed by atoms with Crippen LogP contribution in [0.4, 0.5) is 17.6 Å². The molecule has 0 spiro atoms. The van der Waals surface area contributed by atoms with Crippen LogP contribution >= 0.6 is 0 Å². The number of likely N-dealkylation sites (tertiary alicyclic amines) is 1. The first-order chi connectivity index (χ1) is 16.1.